The van der Waals surface area contributed by atoms with Crippen molar-refractivity contribution in [3.05, 3.63) is 48.3 Å². The van der Waals surface area contributed by atoms with Gasteiger partial charge in [0.05, 0.1) is 6.61 Å². The van der Waals surface area contributed by atoms with Crippen LogP contribution in [0, 0.1) is 0 Å². The van der Waals surface area contributed by atoms with E-state index in [9.17, 15) is 9.59 Å². The van der Waals surface area contributed by atoms with Gasteiger partial charge < -0.3 is 4.74 Å². The Kier molecular flexibility index (Phi) is 4.71. The lowest BCUT2D eigenvalue weighted by atomic mass is 10.2. The SMILES string of the molecule is CCOC(=O)CN(C(=O)c1ccn(C)n1)c1ccccc1. The summed E-state index contributed by atoms with van der Waals surface area (Å²) in [5, 5.41) is 4.08. The van der Waals surface area contributed by atoms with Crippen LogP contribution in [0.3, 0.4) is 0 Å². The minimum atomic E-state index is -0.453. The van der Waals surface area contributed by atoms with Crippen molar-refractivity contribution in [3.8, 4) is 0 Å². The largest absolute Gasteiger partial charge is 0.465 e. The Morgan fingerprint density at radius 1 is 1.24 bits per heavy atom. The molecule has 0 saturated carbocycles. The summed E-state index contributed by atoms with van der Waals surface area (Å²) in [4.78, 5) is 25.6. The van der Waals surface area contributed by atoms with Crippen molar-refractivity contribution in [3.63, 3.8) is 0 Å². The van der Waals surface area contributed by atoms with Gasteiger partial charge in [-0.15, -0.1) is 0 Å². The molecule has 0 N–H and O–H groups in total. The van der Waals surface area contributed by atoms with E-state index in [1.54, 1.807) is 55.2 Å². The standard InChI is InChI=1S/C15H17N3O3/c1-3-21-14(19)11-18(12-7-5-4-6-8-12)15(20)13-9-10-17(2)16-13/h4-10H,3,11H2,1-2H3. The molecule has 0 spiro atoms. The van der Waals surface area contributed by atoms with Gasteiger partial charge in [0.2, 0.25) is 0 Å². The predicted molar refractivity (Wildman–Crippen MR) is 78.0 cm³/mol. The molecule has 1 aromatic carbocycles. The van der Waals surface area contributed by atoms with E-state index in [1.165, 1.54) is 4.90 Å². The number of benzene rings is 1. The van der Waals surface area contributed by atoms with E-state index in [1.807, 2.05) is 6.07 Å². The molecule has 110 valence electrons. The molecule has 6 heteroatoms. The molecule has 2 rings (SSSR count). The summed E-state index contributed by atoms with van der Waals surface area (Å²) in [7, 11) is 1.73. The molecule has 0 saturated heterocycles. The molecule has 0 unspecified atom stereocenters. The average molecular weight is 287 g/mol. The van der Waals surface area contributed by atoms with Gasteiger partial charge in [-0.05, 0) is 25.1 Å². The van der Waals surface area contributed by atoms with Gasteiger partial charge in [0, 0.05) is 18.9 Å². The lowest BCUT2D eigenvalue weighted by Crippen LogP contribution is -2.36. The maximum atomic E-state index is 12.5. The van der Waals surface area contributed by atoms with Gasteiger partial charge in [-0.1, -0.05) is 18.2 Å². The van der Waals surface area contributed by atoms with E-state index in [0.29, 0.717) is 5.69 Å². The number of anilines is 1. The average Bonchev–Trinajstić information content (AvgIpc) is 2.92. The van der Waals surface area contributed by atoms with Gasteiger partial charge in [-0.25, -0.2) is 0 Å². The first-order chi connectivity index (χ1) is 10.1. The molecule has 0 radical (unpaired) electrons. The Morgan fingerprint density at radius 2 is 1.95 bits per heavy atom. The summed E-state index contributed by atoms with van der Waals surface area (Å²) >= 11 is 0. The Hall–Kier alpha value is -2.63. The van der Waals surface area contributed by atoms with Crippen LogP contribution < -0.4 is 4.90 Å². The van der Waals surface area contributed by atoms with Gasteiger partial charge >= 0.3 is 5.97 Å². The number of aromatic nitrogens is 2. The first-order valence-electron chi connectivity index (χ1n) is 6.64. The zero-order valence-electron chi connectivity index (χ0n) is 12.0. The van der Waals surface area contributed by atoms with E-state index in [2.05, 4.69) is 5.10 Å². The molecule has 0 aliphatic carbocycles. The number of para-hydroxylation sites is 1. The number of nitrogens with zero attached hydrogens (tertiary/aromatic N) is 3. The molecule has 0 bridgehead atoms. The summed E-state index contributed by atoms with van der Waals surface area (Å²) in [6.45, 7) is 1.86. The first-order valence-corrected chi connectivity index (χ1v) is 6.64. The molecule has 1 aromatic heterocycles. The van der Waals surface area contributed by atoms with E-state index in [4.69, 9.17) is 4.74 Å². The summed E-state index contributed by atoms with van der Waals surface area (Å²) in [6.07, 6.45) is 1.68. The molecule has 21 heavy (non-hydrogen) atoms. The normalized spacial score (nSPS) is 10.2. The summed E-state index contributed by atoms with van der Waals surface area (Å²) < 4.78 is 6.47. The highest BCUT2D eigenvalue weighted by molar-refractivity contribution is 6.07. The Bertz CT molecular complexity index is 622. The molecule has 2 aromatic rings. The zero-order valence-corrected chi connectivity index (χ0v) is 12.0. The molecule has 6 nitrogen and oxygen atoms in total. The second kappa shape index (κ2) is 6.69. The number of aryl methyl sites for hydroxylation is 1. The van der Waals surface area contributed by atoms with Gasteiger partial charge in [-0.2, -0.15) is 5.10 Å². The fourth-order valence-electron chi connectivity index (χ4n) is 1.89. The number of esters is 1. The molecular weight excluding hydrogens is 270 g/mol. The number of carbonyl (C=O) groups is 2. The number of hydrogen-bond acceptors (Lipinski definition) is 4. The van der Waals surface area contributed by atoms with E-state index < -0.39 is 5.97 Å². The van der Waals surface area contributed by atoms with Crippen molar-refractivity contribution in [1.29, 1.82) is 0 Å². The van der Waals surface area contributed by atoms with Crippen LogP contribution in [0.15, 0.2) is 42.6 Å². The summed E-state index contributed by atoms with van der Waals surface area (Å²) in [6, 6.07) is 10.6. The van der Waals surface area contributed by atoms with Crippen molar-refractivity contribution >= 4 is 17.6 Å². The van der Waals surface area contributed by atoms with Crippen LogP contribution in [-0.4, -0.2) is 34.8 Å². The number of amides is 1. The minimum absolute atomic E-state index is 0.146. The number of hydrogen-bond donors (Lipinski definition) is 0. The second-order valence-corrected chi connectivity index (χ2v) is 4.41. The zero-order chi connectivity index (χ0) is 15.2. The molecule has 1 amide bonds. The van der Waals surface area contributed by atoms with Crippen molar-refractivity contribution in [2.24, 2.45) is 7.05 Å². The molecular formula is C15H17N3O3. The molecule has 0 fully saturated rings. The molecule has 1 heterocycles. The van der Waals surface area contributed by atoms with Crippen molar-refractivity contribution in [2.45, 2.75) is 6.92 Å². The van der Waals surface area contributed by atoms with Crippen LogP contribution in [0.5, 0.6) is 0 Å². The molecule has 0 atom stereocenters. The van der Waals surface area contributed by atoms with Gasteiger partial charge in [0.1, 0.15) is 6.54 Å². The molecule has 0 aliphatic heterocycles. The summed E-state index contributed by atoms with van der Waals surface area (Å²) in [5.74, 6) is -0.791. The van der Waals surface area contributed by atoms with Crippen LogP contribution in [-0.2, 0) is 16.6 Å². The van der Waals surface area contributed by atoms with E-state index in [-0.39, 0.29) is 24.8 Å². The minimum Gasteiger partial charge on any atom is -0.465 e. The maximum Gasteiger partial charge on any atom is 0.326 e. The third-order valence-corrected chi connectivity index (χ3v) is 2.84. The smallest absolute Gasteiger partial charge is 0.326 e. The van der Waals surface area contributed by atoms with E-state index in [0.717, 1.165) is 0 Å². The fraction of sp³-hybridized carbons (Fsp3) is 0.267. The highest BCUT2D eigenvalue weighted by atomic mass is 16.5. The van der Waals surface area contributed by atoms with E-state index >= 15 is 0 Å². The number of rotatable bonds is 5. The Labute approximate surface area is 122 Å². The first kappa shape index (κ1) is 14.8. The lowest BCUT2D eigenvalue weighted by molar-refractivity contribution is -0.141. The lowest BCUT2D eigenvalue weighted by Gasteiger charge is -2.20. The third kappa shape index (κ3) is 3.68. The van der Waals surface area contributed by atoms with Gasteiger partial charge in [0.15, 0.2) is 5.69 Å². The van der Waals surface area contributed by atoms with Crippen LogP contribution >= 0.6 is 0 Å². The van der Waals surface area contributed by atoms with Gasteiger partial charge in [0.25, 0.3) is 5.91 Å². The van der Waals surface area contributed by atoms with Crippen LogP contribution in [0.4, 0.5) is 5.69 Å². The van der Waals surface area contributed by atoms with Gasteiger partial charge in [-0.3, -0.25) is 19.2 Å². The Balaban J connectivity index is 2.27. The Morgan fingerprint density at radius 3 is 2.52 bits per heavy atom. The fourth-order valence-corrected chi connectivity index (χ4v) is 1.89. The quantitative estimate of drug-likeness (QED) is 0.784. The number of carbonyl (C=O) groups excluding carboxylic acids is 2. The van der Waals surface area contributed by atoms with Crippen LogP contribution in [0.2, 0.25) is 0 Å². The van der Waals surface area contributed by atoms with Crippen molar-refractivity contribution < 1.29 is 14.3 Å². The predicted octanol–water partition coefficient (Wildman–Crippen LogP) is 1.63. The second-order valence-electron chi connectivity index (χ2n) is 4.41. The van der Waals surface area contributed by atoms with Crippen LogP contribution in [0.25, 0.3) is 0 Å². The molecule has 0 aliphatic rings. The van der Waals surface area contributed by atoms with Crippen LogP contribution in [0.1, 0.15) is 17.4 Å². The highest BCUT2D eigenvalue weighted by Gasteiger charge is 2.22. The third-order valence-electron chi connectivity index (χ3n) is 2.84. The van der Waals surface area contributed by atoms with Crippen molar-refractivity contribution in [1.82, 2.24) is 9.78 Å². The maximum absolute atomic E-state index is 12.5. The highest BCUT2D eigenvalue weighted by Crippen LogP contribution is 2.16. The number of ether oxygens (including phenoxy) is 1. The monoisotopic (exact) mass is 287 g/mol. The topological polar surface area (TPSA) is 64.4 Å². The van der Waals surface area contributed by atoms with Crippen molar-refractivity contribution in [2.75, 3.05) is 18.1 Å². The summed E-state index contributed by atoms with van der Waals surface area (Å²) in [5.41, 5.74) is 0.909.